The van der Waals surface area contributed by atoms with E-state index < -0.39 is 0 Å². The van der Waals surface area contributed by atoms with Crippen LogP contribution >= 0.6 is 15.9 Å². The monoisotopic (exact) mass is 286 g/mol. The Kier molecular flexibility index (Phi) is 5.98. The van der Waals surface area contributed by atoms with Crippen LogP contribution in [0, 0.1) is 0 Å². The fraction of sp³-hybridized carbons (Fsp3) is 0.500. The molecular weight excluding hydrogens is 268 g/mol. The van der Waals surface area contributed by atoms with Crippen molar-refractivity contribution in [3.63, 3.8) is 0 Å². The van der Waals surface area contributed by atoms with E-state index in [-0.39, 0.29) is 12.1 Å². The van der Waals surface area contributed by atoms with Crippen LogP contribution in [0.15, 0.2) is 28.7 Å². The molecule has 0 saturated heterocycles. The number of rotatable bonds is 6. The van der Waals surface area contributed by atoms with Gasteiger partial charge < -0.3 is 15.8 Å². The number of hydrogen-bond donors (Lipinski definition) is 2. The lowest BCUT2D eigenvalue weighted by Gasteiger charge is -2.19. The molecule has 0 heterocycles. The third-order valence-corrected chi connectivity index (χ3v) is 3.03. The molecule has 0 aliphatic heterocycles. The van der Waals surface area contributed by atoms with Crippen molar-refractivity contribution in [1.82, 2.24) is 5.32 Å². The minimum atomic E-state index is 0.176. The van der Waals surface area contributed by atoms with Gasteiger partial charge >= 0.3 is 0 Å². The zero-order valence-electron chi connectivity index (χ0n) is 9.74. The Morgan fingerprint density at radius 2 is 2.25 bits per heavy atom. The highest BCUT2D eigenvalue weighted by Crippen LogP contribution is 2.17. The molecule has 90 valence electrons. The summed E-state index contributed by atoms with van der Waals surface area (Å²) in [7, 11) is 1.71. The average molecular weight is 287 g/mol. The Morgan fingerprint density at radius 3 is 2.81 bits per heavy atom. The Balaban J connectivity index is 2.60. The second-order valence-electron chi connectivity index (χ2n) is 3.80. The van der Waals surface area contributed by atoms with E-state index in [2.05, 4.69) is 33.4 Å². The fourth-order valence-corrected chi connectivity index (χ4v) is 1.87. The van der Waals surface area contributed by atoms with E-state index in [1.807, 2.05) is 19.1 Å². The van der Waals surface area contributed by atoms with Gasteiger partial charge in [-0.15, -0.1) is 0 Å². The van der Waals surface area contributed by atoms with Crippen LogP contribution in [-0.4, -0.2) is 26.3 Å². The molecule has 1 rings (SSSR count). The van der Waals surface area contributed by atoms with Crippen LogP contribution < -0.4 is 11.1 Å². The van der Waals surface area contributed by atoms with Gasteiger partial charge in [0.05, 0.1) is 6.10 Å². The summed E-state index contributed by atoms with van der Waals surface area (Å²) >= 11 is 3.46. The molecule has 1 aromatic carbocycles. The van der Waals surface area contributed by atoms with Gasteiger partial charge in [0.15, 0.2) is 0 Å². The predicted molar refractivity (Wildman–Crippen MR) is 70.4 cm³/mol. The number of hydrogen-bond acceptors (Lipinski definition) is 3. The van der Waals surface area contributed by atoms with Gasteiger partial charge in [-0.2, -0.15) is 0 Å². The van der Waals surface area contributed by atoms with Crippen LogP contribution in [0.2, 0.25) is 0 Å². The quantitative estimate of drug-likeness (QED) is 0.842. The maximum absolute atomic E-state index is 5.76. The van der Waals surface area contributed by atoms with Crippen LogP contribution in [0.1, 0.15) is 18.5 Å². The second kappa shape index (κ2) is 7.01. The molecule has 2 atom stereocenters. The molecule has 0 radical (unpaired) electrons. The Bertz CT molecular complexity index is 320. The van der Waals surface area contributed by atoms with Crippen LogP contribution in [-0.2, 0) is 4.74 Å². The van der Waals surface area contributed by atoms with E-state index >= 15 is 0 Å². The first-order valence-electron chi connectivity index (χ1n) is 5.39. The van der Waals surface area contributed by atoms with Gasteiger partial charge in [0.2, 0.25) is 0 Å². The van der Waals surface area contributed by atoms with Crippen molar-refractivity contribution in [1.29, 1.82) is 0 Å². The Hall–Kier alpha value is -0.420. The largest absolute Gasteiger partial charge is 0.380 e. The van der Waals surface area contributed by atoms with Gasteiger partial charge in [-0.1, -0.05) is 28.1 Å². The van der Waals surface area contributed by atoms with Crippen molar-refractivity contribution >= 4 is 15.9 Å². The maximum atomic E-state index is 5.76. The highest BCUT2D eigenvalue weighted by Gasteiger charge is 2.10. The van der Waals surface area contributed by atoms with Gasteiger partial charge in [-0.05, 0) is 24.6 Å². The molecule has 0 amide bonds. The first-order valence-corrected chi connectivity index (χ1v) is 6.18. The number of nitrogens with two attached hydrogens (primary N) is 1. The van der Waals surface area contributed by atoms with E-state index in [4.69, 9.17) is 10.5 Å². The summed E-state index contributed by atoms with van der Waals surface area (Å²) < 4.78 is 6.27. The van der Waals surface area contributed by atoms with Crippen molar-refractivity contribution in [2.75, 3.05) is 20.2 Å². The molecule has 0 bridgehead atoms. The summed E-state index contributed by atoms with van der Waals surface area (Å²) in [4.78, 5) is 0. The van der Waals surface area contributed by atoms with E-state index in [9.17, 15) is 0 Å². The minimum Gasteiger partial charge on any atom is -0.380 e. The number of ether oxygens (including phenoxy) is 1. The highest BCUT2D eigenvalue weighted by atomic mass is 79.9. The summed E-state index contributed by atoms with van der Waals surface area (Å²) in [5.41, 5.74) is 6.96. The summed E-state index contributed by atoms with van der Waals surface area (Å²) in [6, 6.07) is 8.36. The number of nitrogens with one attached hydrogen (secondary N) is 1. The maximum Gasteiger partial charge on any atom is 0.0667 e. The number of methoxy groups -OCH3 is 1. The van der Waals surface area contributed by atoms with Crippen LogP contribution in [0.5, 0.6) is 0 Å². The SMILES string of the molecule is COC(C)CNC(CN)c1cccc(Br)c1. The van der Waals surface area contributed by atoms with Crippen molar-refractivity contribution in [3.05, 3.63) is 34.3 Å². The van der Waals surface area contributed by atoms with E-state index in [0.717, 1.165) is 11.0 Å². The lowest BCUT2D eigenvalue weighted by Crippen LogP contribution is -2.33. The molecule has 3 nitrogen and oxygen atoms in total. The van der Waals surface area contributed by atoms with Gasteiger partial charge in [0.25, 0.3) is 0 Å². The summed E-state index contributed by atoms with van der Waals surface area (Å²) in [6.45, 7) is 3.40. The van der Waals surface area contributed by atoms with Crippen LogP contribution in [0.25, 0.3) is 0 Å². The van der Waals surface area contributed by atoms with Crippen molar-refractivity contribution in [3.8, 4) is 0 Å². The van der Waals surface area contributed by atoms with Gasteiger partial charge in [0.1, 0.15) is 0 Å². The third-order valence-electron chi connectivity index (χ3n) is 2.54. The van der Waals surface area contributed by atoms with Gasteiger partial charge in [-0.25, -0.2) is 0 Å². The molecule has 2 unspecified atom stereocenters. The third kappa shape index (κ3) is 4.22. The minimum absolute atomic E-state index is 0.176. The van der Waals surface area contributed by atoms with Crippen molar-refractivity contribution < 1.29 is 4.74 Å². The molecule has 0 aliphatic carbocycles. The first kappa shape index (κ1) is 13.6. The zero-order valence-corrected chi connectivity index (χ0v) is 11.3. The van der Waals surface area contributed by atoms with Crippen LogP contribution in [0.3, 0.4) is 0 Å². The van der Waals surface area contributed by atoms with Crippen molar-refractivity contribution in [2.24, 2.45) is 5.73 Å². The number of halogens is 1. The molecule has 3 N–H and O–H groups in total. The Morgan fingerprint density at radius 1 is 1.50 bits per heavy atom. The lowest BCUT2D eigenvalue weighted by molar-refractivity contribution is 0.114. The molecule has 4 heteroatoms. The summed E-state index contributed by atoms with van der Waals surface area (Å²) in [5.74, 6) is 0. The van der Waals surface area contributed by atoms with E-state index in [1.165, 1.54) is 5.56 Å². The molecule has 0 fully saturated rings. The number of benzene rings is 1. The molecule has 16 heavy (non-hydrogen) atoms. The molecule has 0 saturated carbocycles. The molecule has 0 spiro atoms. The van der Waals surface area contributed by atoms with E-state index in [1.54, 1.807) is 7.11 Å². The first-order chi connectivity index (χ1) is 7.67. The fourth-order valence-electron chi connectivity index (χ4n) is 1.45. The normalized spacial score (nSPS) is 14.8. The van der Waals surface area contributed by atoms with Crippen LogP contribution in [0.4, 0.5) is 0 Å². The molecule has 1 aromatic rings. The zero-order chi connectivity index (χ0) is 12.0. The van der Waals surface area contributed by atoms with Crippen molar-refractivity contribution in [2.45, 2.75) is 19.1 Å². The smallest absolute Gasteiger partial charge is 0.0667 e. The molecule has 0 aliphatic rings. The predicted octanol–water partition coefficient (Wildman–Crippen LogP) is 2.07. The van der Waals surface area contributed by atoms with Gasteiger partial charge in [-0.3, -0.25) is 0 Å². The second-order valence-corrected chi connectivity index (χ2v) is 4.71. The standard InChI is InChI=1S/C12H19BrN2O/c1-9(16-2)8-15-12(7-14)10-4-3-5-11(13)6-10/h3-6,9,12,15H,7-8,14H2,1-2H3. The molecular formula is C12H19BrN2O. The summed E-state index contributed by atoms with van der Waals surface area (Å²) in [6.07, 6.45) is 0.196. The lowest BCUT2D eigenvalue weighted by atomic mass is 10.1. The molecule has 0 aromatic heterocycles. The van der Waals surface area contributed by atoms with E-state index in [0.29, 0.717) is 6.54 Å². The van der Waals surface area contributed by atoms with Gasteiger partial charge in [0, 0.05) is 30.7 Å². The average Bonchev–Trinajstić information content (AvgIpc) is 2.29. The Labute approximate surface area is 105 Å². The topological polar surface area (TPSA) is 47.3 Å². The highest BCUT2D eigenvalue weighted by molar-refractivity contribution is 9.10. The summed E-state index contributed by atoms with van der Waals surface area (Å²) in [5, 5.41) is 3.39.